The predicted octanol–water partition coefficient (Wildman–Crippen LogP) is 5.10. The van der Waals surface area contributed by atoms with Gasteiger partial charge in [-0.1, -0.05) is 42.0 Å². The fraction of sp³-hybridized carbons (Fsp3) is 0.190. The third kappa shape index (κ3) is 4.96. The topological polar surface area (TPSA) is 26.3 Å². The SMILES string of the molecule is COc1ccc(C(=O)C=Cc2ccccc2CC=C(C)C)cc1. The monoisotopic (exact) mass is 306 g/mol. The molecule has 0 bridgehead atoms. The van der Waals surface area contributed by atoms with Crippen LogP contribution in [0, 0.1) is 0 Å². The highest BCUT2D eigenvalue weighted by Crippen LogP contribution is 2.15. The maximum Gasteiger partial charge on any atom is 0.185 e. The number of benzene rings is 2. The van der Waals surface area contributed by atoms with Crippen LogP contribution in [0.3, 0.4) is 0 Å². The summed E-state index contributed by atoms with van der Waals surface area (Å²) in [6.45, 7) is 4.18. The van der Waals surface area contributed by atoms with Crippen LogP contribution in [0.2, 0.25) is 0 Å². The van der Waals surface area contributed by atoms with Crippen molar-refractivity contribution < 1.29 is 9.53 Å². The number of carbonyl (C=O) groups is 1. The van der Waals surface area contributed by atoms with E-state index in [1.54, 1.807) is 37.5 Å². The van der Waals surface area contributed by atoms with E-state index in [9.17, 15) is 4.79 Å². The van der Waals surface area contributed by atoms with Gasteiger partial charge in [-0.3, -0.25) is 4.79 Å². The van der Waals surface area contributed by atoms with Gasteiger partial charge in [0.15, 0.2) is 5.78 Å². The largest absolute Gasteiger partial charge is 0.497 e. The molecule has 0 unspecified atom stereocenters. The van der Waals surface area contributed by atoms with E-state index in [-0.39, 0.29) is 5.78 Å². The summed E-state index contributed by atoms with van der Waals surface area (Å²) in [7, 11) is 1.61. The standard InChI is InChI=1S/C21H22O2/c1-16(2)8-9-17-6-4-5-7-18(17)12-15-21(22)19-10-13-20(23-3)14-11-19/h4-8,10-15H,9H2,1-3H3. The molecule has 0 saturated heterocycles. The molecule has 2 aromatic rings. The maximum atomic E-state index is 12.3. The van der Waals surface area contributed by atoms with Gasteiger partial charge in [0.25, 0.3) is 0 Å². The van der Waals surface area contributed by atoms with Crippen LogP contribution in [0.25, 0.3) is 6.08 Å². The Balaban J connectivity index is 2.15. The summed E-state index contributed by atoms with van der Waals surface area (Å²) >= 11 is 0. The van der Waals surface area contributed by atoms with Gasteiger partial charge >= 0.3 is 0 Å². The molecular formula is C21H22O2. The Morgan fingerprint density at radius 1 is 1.04 bits per heavy atom. The first kappa shape index (κ1) is 16.8. The zero-order chi connectivity index (χ0) is 16.7. The number of hydrogen-bond acceptors (Lipinski definition) is 2. The Kier molecular flexibility index (Phi) is 5.93. The number of allylic oxidation sites excluding steroid dienone is 3. The minimum Gasteiger partial charge on any atom is -0.497 e. The number of ketones is 1. The van der Waals surface area contributed by atoms with E-state index < -0.39 is 0 Å². The summed E-state index contributed by atoms with van der Waals surface area (Å²) in [4.78, 5) is 12.3. The van der Waals surface area contributed by atoms with Crippen molar-refractivity contribution in [2.45, 2.75) is 20.3 Å². The van der Waals surface area contributed by atoms with E-state index in [0.717, 1.165) is 17.7 Å². The lowest BCUT2D eigenvalue weighted by Gasteiger charge is -2.04. The zero-order valence-corrected chi connectivity index (χ0v) is 13.9. The molecule has 0 aromatic heterocycles. The Morgan fingerprint density at radius 3 is 2.39 bits per heavy atom. The smallest absolute Gasteiger partial charge is 0.185 e. The highest BCUT2D eigenvalue weighted by molar-refractivity contribution is 6.06. The van der Waals surface area contributed by atoms with Gasteiger partial charge in [0, 0.05) is 5.56 Å². The molecule has 0 heterocycles. The summed E-state index contributed by atoms with van der Waals surface area (Å²) < 4.78 is 5.11. The minimum absolute atomic E-state index is 0.00956. The normalized spacial score (nSPS) is 10.6. The van der Waals surface area contributed by atoms with Crippen LogP contribution >= 0.6 is 0 Å². The average molecular weight is 306 g/mol. The van der Waals surface area contributed by atoms with Gasteiger partial charge in [0.05, 0.1) is 7.11 Å². The molecule has 2 aromatic carbocycles. The van der Waals surface area contributed by atoms with Gasteiger partial charge in [0.1, 0.15) is 5.75 Å². The molecule has 0 radical (unpaired) electrons. The van der Waals surface area contributed by atoms with E-state index >= 15 is 0 Å². The second kappa shape index (κ2) is 8.14. The molecule has 2 nitrogen and oxygen atoms in total. The summed E-state index contributed by atoms with van der Waals surface area (Å²) in [6.07, 6.45) is 6.58. The number of methoxy groups -OCH3 is 1. The van der Waals surface area contributed by atoms with E-state index in [0.29, 0.717) is 5.56 Å². The molecule has 0 aliphatic carbocycles. The fourth-order valence-corrected chi connectivity index (χ4v) is 2.21. The molecule has 0 aliphatic rings. The number of rotatable bonds is 6. The second-order valence-corrected chi connectivity index (χ2v) is 5.61. The van der Waals surface area contributed by atoms with Crippen LogP contribution in [0.5, 0.6) is 5.75 Å². The van der Waals surface area contributed by atoms with Crippen molar-refractivity contribution in [3.05, 3.63) is 82.9 Å². The summed E-state index contributed by atoms with van der Waals surface area (Å²) in [5.74, 6) is 0.738. The Morgan fingerprint density at radius 2 is 1.74 bits per heavy atom. The third-order valence-corrected chi connectivity index (χ3v) is 3.57. The second-order valence-electron chi connectivity index (χ2n) is 5.61. The van der Waals surface area contributed by atoms with Gasteiger partial charge in [-0.15, -0.1) is 0 Å². The Labute approximate surface area is 138 Å². The van der Waals surface area contributed by atoms with Gasteiger partial charge in [-0.2, -0.15) is 0 Å². The molecule has 0 N–H and O–H groups in total. The molecule has 23 heavy (non-hydrogen) atoms. The minimum atomic E-state index is -0.00956. The van der Waals surface area contributed by atoms with Crippen molar-refractivity contribution in [2.24, 2.45) is 0 Å². The van der Waals surface area contributed by atoms with E-state index in [1.807, 2.05) is 24.3 Å². The molecule has 118 valence electrons. The van der Waals surface area contributed by atoms with Crippen molar-refractivity contribution in [3.8, 4) is 5.75 Å². The first-order valence-corrected chi connectivity index (χ1v) is 7.68. The first-order valence-electron chi connectivity index (χ1n) is 7.68. The molecule has 2 rings (SSSR count). The van der Waals surface area contributed by atoms with Crippen LogP contribution in [-0.2, 0) is 6.42 Å². The fourth-order valence-electron chi connectivity index (χ4n) is 2.21. The zero-order valence-electron chi connectivity index (χ0n) is 13.9. The molecule has 0 saturated carbocycles. The van der Waals surface area contributed by atoms with Gasteiger partial charge in [-0.05, 0) is 61.7 Å². The van der Waals surface area contributed by atoms with Crippen molar-refractivity contribution in [1.29, 1.82) is 0 Å². The molecular weight excluding hydrogens is 284 g/mol. The quantitative estimate of drug-likeness (QED) is 0.421. The van der Waals surface area contributed by atoms with E-state index in [1.165, 1.54) is 11.1 Å². The van der Waals surface area contributed by atoms with Crippen LogP contribution in [-0.4, -0.2) is 12.9 Å². The van der Waals surface area contributed by atoms with E-state index in [2.05, 4.69) is 26.0 Å². The third-order valence-electron chi connectivity index (χ3n) is 3.57. The van der Waals surface area contributed by atoms with Gasteiger partial charge in [-0.25, -0.2) is 0 Å². The maximum absolute atomic E-state index is 12.3. The van der Waals surface area contributed by atoms with Crippen molar-refractivity contribution in [2.75, 3.05) is 7.11 Å². The highest BCUT2D eigenvalue weighted by Gasteiger charge is 2.03. The summed E-state index contributed by atoms with van der Waals surface area (Å²) in [5, 5.41) is 0. The van der Waals surface area contributed by atoms with Gasteiger partial charge in [0.2, 0.25) is 0 Å². The van der Waals surface area contributed by atoms with Crippen LogP contribution < -0.4 is 4.74 Å². The number of ether oxygens (including phenoxy) is 1. The lowest BCUT2D eigenvalue weighted by molar-refractivity contribution is 0.104. The Hall–Kier alpha value is -2.61. The highest BCUT2D eigenvalue weighted by atomic mass is 16.5. The molecule has 0 aliphatic heterocycles. The molecule has 0 fully saturated rings. The summed E-state index contributed by atoms with van der Waals surface area (Å²) in [6, 6.07) is 15.3. The van der Waals surface area contributed by atoms with Crippen LogP contribution in [0.4, 0.5) is 0 Å². The molecule has 0 amide bonds. The predicted molar refractivity (Wildman–Crippen MR) is 95.9 cm³/mol. The molecule has 2 heteroatoms. The summed E-state index contributed by atoms with van der Waals surface area (Å²) in [5.41, 5.74) is 4.24. The van der Waals surface area contributed by atoms with Crippen LogP contribution in [0.15, 0.2) is 66.3 Å². The lowest BCUT2D eigenvalue weighted by Crippen LogP contribution is -1.95. The van der Waals surface area contributed by atoms with E-state index in [4.69, 9.17) is 4.74 Å². The average Bonchev–Trinajstić information content (AvgIpc) is 2.58. The lowest BCUT2D eigenvalue weighted by atomic mass is 10.0. The molecule has 0 atom stereocenters. The van der Waals surface area contributed by atoms with Crippen LogP contribution in [0.1, 0.15) is 35.3 Å². The van der Waals surface area contributed by atoms with Crippen molar-refractivity contribution >= 4 is 11.9 Å². The van der Waals surface area contributed by atoms with Crippen molar-refractivity contribution in [1.82, 2.24) is 0 Å². The van der Waals surface area contributed by atoms with Gasteiger partial charge < -0.3 is 4.74 Å². The Bertz CT molecular complexity index is 718. The molecule has 0 spiro atoms. The first-order chi connectivity index (χ1) is 11.1. The van der Waals surface area contributed by atoms with Crippen molar-refractivity contribution in [3.63, 3.8) is 0 Å². The number of carbonyl (C=O) groups excluding carboxylic acids is 1. The number of hydrogen-bond donors (Lipinski definition) is 0.